The first-order valence-corrected chi connectivity index (χ1v) is 11.9. The van der Waals surface area contributed by atoms with Gasteiger partial charge < -0.3 is 9.73 Å². The summed E-state index contributed by atoms with van der Waals surface area (Å²) < 4.78 is 9.24. The standard InChI is InChI=1S/C26H23N3O4S/c30-22(27-14-6-10-18-8-2-1-3-9-18)17-28-23-20-12-4-5-13-21(20)34-24(23)25(31)29(26(28)32)16-19-11-7-15-33-19/h1-5,7-9,11-13,15H,6,10,14,16-17H2,(H,27,30). The molecule has 0 saturated heterocycles. The molecular formula is C26H23N3O4S. The number of hydrogen-bond acceptors (Lipinski definition) is 5. The number of nitrogens with zero attached hydrogens (tertiary/aromatic N) is 2. The topological polar surface area (TPSA) is 86.2 Å². The summed E-state index contributed by atoms with van der Waals surface area (Å²) in [7, 11) is 0. The summed E-state index contributed by atoms with van der Waals surface area (Å²) in [5, 5.41) is 3.70. The number of nitrogens with one attached hydrogen (secondary N) is 1. The van der Waals surface area contributed by atoms with Crippen LogP contribution in [0.1, 0.15) is 17.7 Å². The molecule has 3 heterocycles. The highest BCUT2D eigenvalue weighted by Crippen LogP contribution is 2.30. The maximum Gasteiger partial charge on any atom is 0.332 e. The van der Waals surface area contributed by atoms with E-state index in [1.165, 1.54) is 27.7 Å². The van der Waals surface area contributed by atoms with Crippen LogP contribution in [0.2, 0.25) is 0 Å². The van der Waals surface area contributed by atoms with Crippen LogP contribution in [-0.4, -0.2) is 21.6 Å². The van der Waals surface area contributed by atoms with E-state index in [2.05, 4.69) is 17.4 Å². The lowest BCUT2D eigenvalue weighted by Gasteiger charge is -2.12. The zero-order chi connectivity index (χ0) is 23.5. The molecule has 172 valence electrons. The normalized spacial score (nSPS) is 11.3. The average Bonchev–Trinajstić information content (AvgIpc) is 3.51. The number of rotatable bonds is 8. The van der Waals surface area contributed by atoms with Crippen LogP contribution < -0.4 is 16.6 Å². The summed E-state index contributed by atoms with van der Waals surface area (Å²) in [6.45, 7) is 0.343. The van der Waals surface area contributed by atoms with Crippen LogP contribution in [0.25, 0.3) is 20.3 Å². The molecule has 0 unspecified atom stereocenters. The van der Waals surface area contributed by atoms with Crippen LogP contribution in [0.5, 0.6) is 0 Å². The number of hydrogen-bond donors (Lipinski definition) is 1. The summed E-state index contributed by atoms with van der Waals surface area (Å²) in [6.07, 6.45) is 3.15. The van der Waals surface area contributed by atoms with E-state index in [0.717, 1.165) is 27.5 Å². The van der Waals surface area contributed by atoms with Crippen molar-refractivity contribution in [3.8, 4) is 0 Å². The van der Waals surface area contributed by atoms with Gasteiger partial charge in [0, 0.05) is 16.6 Å². The van der Waals surface area contributed by atoms with E-state index in [1.54, 1.807) is 12.1 Å². The Hall–Kier alpha value is -3.91. The number of aromatic nitrogens is 2. The van der Waals surface area contributed by atoms with Crippen molar-refractivity contribution in [2.75, 3.05) is 6.54 Å². The Labute approximate surface area is 198 Å². The first-order chi connectivity index (χ1) is 16.6. The lowest BCUT2D eigenvalue weighted by Crippen LogP contribution is -2.42. The van der Waals surface area contributed by atoms with Gasteiger partial charge in [-0.1, -0.05) is 48.5 Å². The molecule has 1 amide bonds. The second-order valence-corrected chi connectivity index (χ2v) is 9.11. The summed E-state index contributed by atoms with van der Waals surface area (Å²) in [5.41, 5.74) is 0.809. The Kier molecular flexibility index (Phi) is 6.14. The number of fused-ring (bicyclic) bond motifs is 3. The largest absolute Gasteiger partial charge is 0.467 e. The molecule has 0 aliphatic rings. The van der Waals surface area contributed by atoms with Gasteiger partial charge in [0.15, 0.2) is 0 Å². The van der Waals surface area contributed by atoms with Gasteiger partial charge in [-0.3, -0.25) is 18.7 Å². The molecule has 2 aromatic carbocycles. The molecule has 0 saturated carbocycles. The summed E-state index contributed by atoms with van der Waals surface area (Å²) >= 11 is 1.33. The second-order valence-electron chi connectivity index (χ2n) is 8.05. The Bertz CT molecular complexity index is 1560. The molecule has 0 spiro atoms. The van der Waals surface area contributed by atoms with Crippen molar-refractivity contribution in [2.24, 2.45) is 0 Å². The predicted octanol–water partition coefficient (Wildman–Crippen LogP) is 3.77. The first kappa shape index (κ1) is 21.9. The first-order valence-electron chi connectivity index (χ1n) is 11.1. The highest BCUT2D eigenvalue weighted by Gasteiger charge is 2.20. The Balaban J connectivity index is 1.45. The van der Waals surface area contributed by atoms with Crippen LogP contribution in [0.15, 0.2) is 87.0 Å². The fourth-order valence-corrected chi connectivity index (χ4v) is 5.26. The van der Waals surface area contributed by atoms with Gasteiger partial charge in [-0.15, -0.1) is 11.3 Å². The van der Waals surface area contributed by atoms with E-state index in [4.69, 9.17) is 4.42 Å². The molecular weight excluding hydrogens is 450 g/mol. The highest BCUT2D eigenvalue weighted by molar-refractivity contribution is 7.25. The smallest absolute Gasteiger partial charge is 0.332 e. The molecule has 0 aliphatic heterocycles. The number of carbonyl (C=O) groups excluding carboxylic acids is 1. The van der Waals surface area contributed by atoms with E-state index in [9.17, 15) is 14.4 Å². The fourth-order valence-electron chi connectivity index (χ4n) is 4.10. The van der Waals surface area contributed by atoms with Gasteiger partial charge in [0.2, 0.25) is 5.91 Å². The maximum atomic E-state index is 13.4. The van der Waals surface area contributed by atoms with Crippen molar-refractivity contribution in [1.29, 1.82) is 0 Å². The van der Waals surface area contributed by atoms with Crippen molar-refractivity contribution >= 4 is 37.5 Å². The third kappa shape index (κ3) is 4.32. The van der Waals surface area contributed by atoms with Crippen molar-refractivity contribution in [3.05, 3.63) is 105 Å². The van der Waals surface area contributed by atoms with Crippen molar-refractivity contribution < 1.29 is 9.21 Å². The third-order valence-electron chi connectivity index (χ3n) is 5.74. The molecule has 5 aromatic rings. The predicted molar refractivity (Wildman–Crippen MR) is 133 cm³/mol. The zero-order valence-electron chi connectivity index (χ0n) is 18.4. The quantitative estimate of drug-likeness (QED) is 0.348. The molecule has 0 aliphatic carbocycles. The van der Waals surface area contributed by atoms with Crippen molar-refractivity contribution in [2.45, 2.75) is 25.9 Å². The third-order valence-corrected chi connectivity index (χ3v) is 6.89. The van der Waals surface area contributed by atoms with Gasteiger partial charge >= 0.3 is 5.69 Å². The number of thiophene rings is 1. The average molecular weight is 474 g/mol. The van der Waals surface area contributed by atoms with Gasteiger partial charge in [-0.05, 0) is 36.6 Å². The maximum absolute atomic E-state index is 13.4. The van der Waals surface area contributed by atoms with Crippen LogP contribution in [0.3, 0.4) is 0 Å². The molecule has 0 bridgehead atoms. The molecule has 7 nitrogen and oxygen atoms in total. The van der Waals surface area contributed by atoms with Crippen LogP contribution in [-0.2, 0) is 24.3 Å². The lowest BCUT2D eigenvalue weighted by molar-refractivity contribution is -0.121. The lowest BCUT2D eigenvalue weighted by atomic mass is 10.1. The minimum Gasteiger partial charge on any atom is -0.467 e. The molecule has 1 N–H and O–H groups in total. The number of furan rings is 1. The fraction of sp³-hybridized carbons (Fsp3) is 0.192. The van der Waals surface area contributed by atoms with E-state index in [-0.39, 0.29) is 24.6 Å². The van der Waals surface area contributed by atoms with Crippen LogP contribution >= 0.6 is 11.3 Å². The minimum atomic E-state index is -0.531. The molecule has 0 radical (unpaired) electrons. The van der Waals surface area contributed by atoms with Crippen molar-refractivity contribution in [1.82, 2.24) is 14.5 Å². The van der Waals surface area contributed by atoms with Crippen LogP contribution in [0, 0.1) is 0 Å². The van der Waals surface area contributed by atoms with Crippen LogP contribution in [0.4, 0.5) is 0 Å². The van der Waals surface area contributed by atoms with E-state index in [1.807, 2.05) is 42.5 Å². The SMILES string of the molecule is O=C(Cn1c(=O)n(Cc2ccco2)c(=O)c2sc3ccccc3c21)NCCCc1ccccc1. The summed E-state index contributed by atoms with van der Waals surface area (Å²) in [4.78, 5) is 39.5. The van der Waals surface area contributed by atoms with E-state index in [0.29, 0.717) is 22.5 Å². The van der Waals surface area contributed by atoms with E-state index < -0.39 is 5.69 Å². The number of amides is 1. The Morgan fingerprint density at radius 1 is 0.941 bits per heavy atom. The van der Waals surface area contributed by atoms with Crippen molar-refractivity contribution in [3.63, 3.8) is 0 Å². The molecule has 3 aromatic heterocycles. The minimum absolute atomic E-state index is 0.00749. The number of benzene rings is 2. The number of aryl methyl sites for hydroxylation is 1. The molecule has 5 rings (SSSR count). The second kappa shape index (κ2) is 9.52. The highest BCUT2D eigenvalue weighted by atomic mass is 32.1. The molecule has 0 fully saturated rings. The van der Waals surface area contributed by atoms with Gasteiger partial charge in [0.05, 0.1) is 18.3 Å². The Morgan fingerprint density at radius 2 is 1.74 bits per heavy atom. The van der Waals surface area contributed by atoms with E-state index >= 15 is 0 Å². The van der Waals surface area contributed by atoms with Gasteiger partial charge in [0.25, 0.3) is 5.56 Å². The van der Waals surface area contributed by atoms with Gasteiger partial charge in [0.1, 0.15) is 17.0 Å². The number of carbonyl (C=O) groups is 1. The molecule has 0 atom stereocenters. The zero-order valence-corrected chi connectivity index (χ0v) is 19.2. The summed E-state index contributed by atoms with van der Waals surface area (Å²) in [5.74, 6) is 0.228. The molecule has 34 heavy (non-hydrogen) atoms. The van der Waals surface area contributed by atoms with Gasteiger partial charge in [-0.2, -0.15) is 0 Å². The van der Waals surface area contributed by atoms with Gasteiger partial charge in [-0.25, -0.2) is 4.79 Å². The monoisotopic (exact) mass is 473 g/mol. The summed E-state index contributed by atoms with van der Waals surface area (Å²) in [6, 6.07) is 21.0. The molecule has 8 heteroatoms. The Morgan fingerprint density at radius 3 is 2.53 bits per heavy atom.